The van der Waals surface area contributed by atoms with Gasteiger partial charge in [0.05, 0.1) is 65.1 Å². The number of halogens is 1. The van der Waals surface area contributed by atoms with Gasteiger partial charge in [0.15, 0.2) is 7.56 Å². The molecule has 7 heteroatoms. The summed E-state index contributed by atoms with van der Waals surface area (Å²) in [5, 5.41) is 0. The van der Waals surface area contributed by atoms with Crippen molar-refractivity contribution in [2.45, 2.75) is 0 Å². The molecular formula is C15H29BrN3O2P. The van der Waals surface area contributed by atoms with Gasteiger partial charge in [-0.1, -0.05) is 0 Å². The molecule has 0 aromatic rings. The highest BCUT2D eigenvalue weighted by molar-refractivity contribution is 7.73. The van der Waals surface area contributed by atoms with Crippen LogP contribution in [-0.2, 0) is 9.47 Å². The van der Waals surface area contributed by atoms with Gasteiger partial charge in [0, 0.05) is 14.1 Å². The molecule has 2 fully saturated rings. The average molecular weight is 394 g/mol. The SMILES string of the molecule is CN(C)/C=C/C=C/[P+](C)(N1CCOCC1)N1CCOCC1.[Br-]. The van der Waals surface area contributed by atoms with Gasteiger partial charge in [-0.3, -0.25) is 0 Å². The third-order valence-corrected chi connectivity index (χ3v) is 7.81. The summed E-state index contributed by atoms with van der Waals surface area (Å²) in [6.07, 6.45) is 6.41. The van der Waals surface area contributed by atoms with Crippen molar-refractivity contribution < 1.29 is 26.5 Å². The Hall–Kier alpha value is 0.0300. The molecule has 2 aliphatic rings. The van der Waals surface area contributed by atoms with E-state index in [1.165, 1.54) is 0 Å². The molecule has 0 aromatic heterocycles. The maximum atomic E-state index is 5.53. The summed E-state index contributed by atoms with van der Waals surface area (Å²) in [5.74, 6) is 2.42. The molecule has 2 saturated heterocycles. The molecule has 0 radical (unpaired) electrons. The molecule has 128 valence electrons. The molecule has 0 bridgehead atoms. The summed E-state index contributed by atoms with van der Waals surface area (Å²) in [4.78, 5) is 2.06. The number of hydrogen-bond acceptors (Lipinski definition) is 5. The first-order valence-corrected chi connectivity index (χ1v) is 9.89. The van der Waals surface area contributed by atoms with Gasteiger partial charge in [-0.15, -0.1) is 0 Å². The third-order valence-electron chi connectivity index (χ3n) is 3.98. The van der Waals surface area contributed by atoms with Gasteiger partial charge in [-0.25, -0.2) is 0 Å². The van der Waals surface area contributed by atoms with E-state index in [2.05, 4.69) is 45.1 Å². The molecule has 22 heavy (non-hydrogen) atoms. The smallest absolute Gasteiger partial charge is 0.175 e. The van der Waals surface area contributed by atoms with E-state index in [1.54, 1.807) is 0 Å². The number of morpholine rings is 2. The lowest BCUT2D eigenvalue weighted by Gasteiger charge is -2.41. The van der Waals surface area contributed by atoms with Crippen molar-refractivity contribution >= 4 is 7.56 Å². The molecule has 0 aromatic carbocycles. The molecule has 2 rings (SSSR count). The Kier molecular flexibility index (Phi) is 9.14. The Morgan fingerprint density at radius 1 is 0.864 bits per heavy atom. The van der Waals surface area contributed by atoms with Crippen LogP contribution in [0.2, 0.25) is 0 Å². The molecule has 0 spiro atoms. The second-order valence-corrected chi connectivity index (χ2v) is 9.14. The van der Waals surface area contributed by atoms with E-state index < -0.39 is 7.56 Å². The number of rotatable bonds is 5. The van der Waals surface area contributed by atoms with Crippen LogP contribution in [0.5, 0.6) is 0 Å². The first-order chi connectivity index (χ1) is 10.1. The first kappa shape index (κ1) is 20.1. The zero-order chi connectivity index (χ0) is 15.1. The fourth-order valence-electron chi connectivity index (χ4n) is 2.72. The van der Waals surface area contributed by atoms with Crippen LogP contribution < -0.4 is 17.0 Å². The monoisotopic (exact) mass is 393 g/mol. The Morgan fingerprint density at radius 3 is 1.73 bits per heavy atom. The minimum Gasteiger partial charge on any atom is -1.00 e. The van der Waals surface area contributed by atoms with E-state index in [9.17, 15) is 0 Å². The van der Waals surface area contributed by atoms with Crippen molar-refractivity contribution in [2.24, 2.45) is 0 Å². The first-order valence-electron chi connectivity index (χ1n) is 7.68. The van der Waals surface area contributed by atoms with Crippen LogP contribution in [0.4, 0.5) is 0 Å². The van der Waals surface area contributed by atoms with Gasteiger partial charge in [0.1, 0.15) is 0 Å². The summed E-state index contributed by atoms with van der Waals surface area (Å²) in [7, 11) is 2.66. The zero-order valence-corrected chi connectivity index (χ0v) is 16.4. The lowest BCUT2D eigenvalue weighted by atomic mass is 10.5. The largest absolute Gasteiger partial charge is 1.00 e. The molecule has 2 aliphatic heterocycles. The quantitative estimate of drug-likeness (QED) is 0.428. The van der Waals surface area contributed by atoms with Crippen molar-refractivity contribution in [1.29, 1.82) is 0 Å². The molecule has 0 atom stereocenters. The van der Waals surface area contributed by atoms with Gasteiger partial charge in [0.2, 0.25) is 0 Å². The number of allylic oxidation sites excluding steroid dienone is 2. The normalized spacial score (nSPS) is 22.1. The molecule has 0 aliphatic carbocycles. The molecule has 2 heterocycles. The Labute approximate surface area is 146 Å². The average Bonchev–Trinajstić information content (AvgIpc) is 2.53. The third kappa shape index (κ3) is 5.59. The van der Waals surface area contributed by atoms with Gasteiger partial charge in [-0.2, -0.15) is 9.34 Å². The lowest BCUT2D eigenvalue weighted by Crippen LogP contribution is -3.00. The van der Waals surface area contributed by atoms with Crippen LogP contribution >= 0.6 is 7.56 Å². The van der Waals surface area contributed by atoms with E-state index in [-0.39, 0.29) is 17.0 Å². The van der Waals surface area contributed by atoms with Gasteiger partial charge in [0.25, 0.3) is 0 Å². The highest BCUT2D eigenvalue weighted by Crippen LogP contribution is 2.63. The Morgan fingerprint density at radius 2 is 1.32 bits per heavy atom. The van der Waals surface area contributed by atoms with Crippen molar-refractivity contribution in [3.8, 4) is 0 Å². The van der Waals surface area contributed by atoms with Crippen LogP contribution in [0, 0.1) is 0 Å². The van der Waals surface area contributed by atoms with Crippen molar-refractivity contribution in [3.63, 3.8) is 0 Å². The van der Waals surface area contributed by atoms with E-state index in [0.717, 1.165) is 52.6 Å². The van der Waals surface area contributed by atoms with Gasteiger partial charge < -0.3 is 31.4 Å². The Bertz CT molecular complexity index is 350. The summed E-state index contributed by atoms with van der Waals surface area (Å²) in [5.41, 5.74) is 0. The lowest BCUT2D eigenvalue weighted by molar-refractivity contribution is -0.00000600. The predicted molar refractivity (Wildman–Crippen MR) is 89.6 cm³/mol. The van der Waals surface area contributed by atoms with Crippen molar-refractivity contribution in [1.82, 2.24) is 14.2 Å². The minimum absolute atomic E-state index is 0. The standard InChI is InChI=1S/C15H29N3O2P.BrH/c1-16(2)6-4-5-15-21(3,17-7-11-19-12-8-17)18-9-13-20-14-10-18;/h4-6,15H,7-14H2,1-3H3;1H/q+1;/p-1/b6-4+,15-5+;. The van der Waals surface area contributed by atoms with E-state index in [1.807, 2.05) is 14.1 Å². The highest BCUT2D eigenvalue weighted by atomic mass is 79.9. The highest BCUT2D eigenvalue weighted by Gasteiger charge is 2.45. The van der Waals surface area contributed by atoms with E-state index in [4.69, 9.17) is 9.47 Å². The van der Waals surface area contributed by atoms with Crippen LogP contribution in [0.25, 0.3) is 0 Å². The van der Waals surface area contributed by atoms with Crippen LogP contribution in [0.15, 0.2) is 24.2 Å². The molecule has 0 amide bonds. The topological polar surface area (TPSA) is 28.2 Å². The second kappa shape index (κ2) is 10.0. The second-order valence-electron chi connectivity index (χ2n) is 5.76. The summed E-state index contributed by atoms with van der Waals surface area (Å²) < 4.78 is 16.3. The molecule has 5 nitrogen and oxygen atoms in total. The minimum atomic E-state index is -1.42. The maximum absolute atomic E-state index is 5.53. The van der Waals surface area contributed by atoms with Crippen molar-refractivity contribution in [2.75, 3.05) is 73.4 Å². The van der Waals surface area contributed by atoms with E-state index >= 15 is 0 Å². The molecular weight excluding hydrogens is 365 g/mol. The number of nitrogens with zero attached hydrogens (tertiary/aromatic N) is 3. The summed E-state index contributed by atoms with van der Waals surface area (Å²) in [6.45, 7) is 9.94. The van der Waals surface area contributed by atoms with Crippen LogP contribution in [0.1, 0.15) is 0 Å². The molecule has 0 unspecified atom stereocenters. The van der Waals surface area contributed by atoms with Gasteiger partial charge >= 0.3 is 0 Å². The molecule has 0 N–H and O–H groups in total. The number of hydrogen-bond donors (Lipinski definition) is 0. The zero-order valence-electron chi connectivity index (χ0n) is 13.9. The Balaban J connectivity index is 0.00000242. The van der Waals surface area contributed by atoms with Crippen LogP contribution in [0.3, 0.4) is 0 Å². The van der Waals surface area contributed by atoms with Crippen molar-refractivity contribution in [3.05, 3.63) is 24.2 Å². The fraction of sp³-hybridized carbons (Fsp3) is 0.733. The molecule has 0 saturated carbocycles. The summed E-state index contributed by atoms with van der Waals surface area (Å²) in [6, 6.07) is 0. The fourth-order valence-corrected chi connectivity index (χ4v) is 5.83. The van der Waals surface area contributed by atoms with E-state index in [0.29, 0.717) is 0 Å². The number of ether oxygens (including phenoxy) is 2. The predicted octanol–water partition coefficient (Wildman–Crippen LogP) is -1.28. The van der Waals surface area contributed by atoms with Gasteiger partial charge in [-0.05, 0) is 18.4 Å². The summed E-state index contributed by atoms with van der Waals surface area (Å²) >= 11 is 0. The maximum Gasteiger partial charge on any atom is 0.175 e. The van der Waals surface area contributed by atoms with Crippen LogP contribution in [-0.4, -0.2) is 87.6 Å².